The summed E-state index contributed by atoms with van der Waals surface area (Å²) in [5.74, 6) is 0. The van der Waals surface area contributed by atoms with Crippen molar-refractivity contribution in [3.05, 3.63) is 148 Å². The first kappa shape index (κ1) is 40.4. The average molecular weight is 769 g/mol. The first-order valence-electron chi connectivity index (χ1n) is 18.2. The fourth-order valence-electron chi connectivity index (χ4n) is 6.89. The molecule has 0 fully saturated rings. The van der Waals surface area contributed by atoms with Gasteiger partial charge in [-0.3, -0.25) is 9.11 Å². The molecule has 54 heavy (non-hydrogen) atoms. The second-order valence-electron chi connectivity index (χ2n) is 13.5. The Morgan fingerprint density at radius 2 is 1.48 bits per heavy atom. The normalized spacial score (nSPS) is 15.1. The standard InChI is InChI=1S/C43H49N3O6S2/c1-7-44-42-22-15-35(25-32(42)6)43(41-21-17-37(27-31(41)5)46(9-3)29-34-11-10-12-39(28-34)54(50,51)52)40-20-16-36(26-30(40)4)45(8-2)24-23-33-13-18-38(19-14-33)53(47,48)49/h10-22,25-28H,7-9,23-24,29H2,1-6H3,(H2,47,48,49,50,51,52)/p+1. The van der Waals surface area contributed by atoms with E-state index in [1.54, 1.807) is 18.2 Å². The van der Waals surface area contributed by atoms with Crippen LogP contribution < -0.4 is 10.2 Å². The van der Waals surface area contributed by atoms with Crippen molar-refractivity contribution in [3.8, 4) is 0 Å². The van der Waals surface area contributed by atoms with E-state index < -0.39 is 20.2 Å². The van der Waals surface area contributed by atoms with Gasteiger partial charge in [-0.15, -0.1) is 0 Å². The molecule has 9 nitrogen and oxygen atoms in total. The van der Waals surface area contributed by atoms with E-state index in [0.29, 0.717) is 19.5 Å². The highest BCUT2D eigenvalue weighted by atomic mass is 32.2. The Hall–Kier alpha value is -4.81. The Morgan fingerprint density at radius 1 is 0.759 bits per heavy atom. The molecule has 284 valence electrons. The van der Waals surface area contributed by atoms with Crippen LogP contribution in [0.1, 0.15) is 61.1 Å². The van der Waals surface area contributed by atoms with E-state index in [4.69, 9.17) is 0 Å². The zero-order valence-electron chi connectivity index (χ0n) is 31.8. The van der Waals surface area contributed by atoms with Crippen LogP contribution in [-0.2, 0) is 33.2 Å². The van der Waals surface area contributed by atoms with E-state index >= 15 is 0 Å². The van der Waals surface area contributed by atoms with E-state index in [1.807, 2.05) is 6.07 Å². The van der Waals surface area contributed by atoms with Crippen molar-refractivity contribution >= 4 is 42.9 Å². The third-order valence-corrected chi connectivity index (χ3v) is 11.5. The second-order valence-corrected chi connectivity index (χ2v) is 16.4. The molecular weight excluding hydrogens is 719 g/mol. The molecule has 0 radical (unpaired) electrons. The maximum atomic E-state index is 11.8. The van der Waals surface area contributed by atoms with E-state index in [2.05, 4.69) is 111 Å². The Kier molecular flexibility index (Phi) is 12.8. The second kappa shape index (κ2) is 17.1. The maximum absolute atomic E-state index is 11.8. The zero-order valence-corrected chi connectivity index (χ0v) is 33.4. The van der Waals surface area contributed by atoms with Gasteiger partial charge < -0.3 is 10.2 Å². The Balaban J connectivity index is 1.52. The molecule has 4 aromatic rings. The fraction of sp³-hybridized carbons (Fsp3) is 0.279. The van der Waals surface area contributed by atoms with Crippen LogP contribution >= 0.6 is 0 Å². The quantitative estimate of drug-likeness (QED) is 0.0865. The van der Waals surface area contributed by atoms with Gasteiger partial charge in [0.2, 0.25) is 0 Å². The van der Waals surface area contributed by atoms with Crippen LogP contribution in [0.15, 0.2) is 124 Å². The average Bonchev–Trinajstić information content (AvgIpc) is 3.13. The largest absolute Gasteiger partial charge is 0.385 e. The first-order valence-corrected chi connectivity index (χ1v) is 21.1. The molecule has 0 heterocycles. The monoisotopic (exact) mass is 768 g/mol. The van der Waals surface area contributed by atoms with Crippen molar-refractivity contribution in [3.63, 3.8) is 0 Å². The molecule has 0 atom stereocenters. The van der Waals surface area contributed by atoms with Crippen molar-refractivity contribution < 1.29 is 30.5 Å². The molecule has 1 aliphatic carbocycles. The molecule has 0 aromatic heterocycles. The third-order valence-electron chi connectivity index (χ3n) is 9.80. The fourth-order valence-corrected chi connectivity index (χ4v) is 7.92. The van der Waals surface area contributed by atoms with Crippen molar-refractivity contribution in [2.24, 2.45) is 0 Å². The first-order chi connectivity index (χ1) is 25.6. The number of nitrogens with one attached hydrogen (secondary N) is 1. The van der Waals surface area contributed by atoms with E-state index in [0.717, 1.165) is 86.8 Å². The predicted octanol–water partition coefficient (Wildman–Crippen LogP) is 8.29. The summed E-state index contributed by atoms with van der Waals surface area (Å²) in [6, 6.07) is 25.9. The van der Waals surface area contributed by atoms with Gasteiger partial charge in [0.25, 0.3) is 20.2 Å². The minimum absolute atomic E-state index is 0.111. The number of aryl methyl sites for hydroxylation is 2. The van der Waals surface area contributed by atoms with Crippen LogP contribution in [0.25, 0.3) is 5.57 Å². The summed E-state index contributed by atoms with van der Waals surface area (Å²) in [4.78, 5) is 2.07. The molecular formula is C43H50N3O6S2+. The summed E-state index contributed by atoms with van der Waals surface area (Å²) in [6.07, 6.45) is 7.17. The van der Waals surface area contributed by atoms with Crippen molar-refractivity contribution in [2.75, 3.05) is 36.4 Å². The topological polar surface area (TPSA) is 127 Å². The summed E-state index contributed by atoms with van der Waals surface area (Å²) in [6.45, 7) is 16.2. The lowest BCUT2D eigenvalue weighted by Crippen LogP contribution is -2.25. The van der Waals surface area contributed by atoms with E-state index in [-0.39, 0.29) is 9.79 Å². The molecule has 0 spiro atoms. The Labute approximate surface area is 320 Å². The number of likely N-dealkylation sites (N-methyl/N-ethyl adjacent to an activating group) is 1. The molecule has 0 bridgehead atoms. The molecule has 1 aliphatic rings. The minimum Gasteiger partial charge on any atom is -0.385 e. The lowest BCUT2D eigenvalue weighted by atomic mass is 9.85. The Morgan fingerprint density at radius 3 is 2.07 bits per heavy atom. The number of nitrogens with zero attached hydrogens (tertiary/aromatic N) is 2. The van der Waals surface area contributed by atoms with Gasteiger partial charge in [-0.1, -0.05) is 36.4 Å². The van der Waals surface area contributed by atoms with Crippen LogP contribution in [0.4, 0.5) is 11.4 Å². The van der Waals surface area contributed by atoms with E-state index in [9.17, 15) is 25.9 Å². The third kappa shape index (κ3) is 9.64. The van der Waals surface area contributed by atoms with Gasteiger partial charge in [-0.2, -0.15) is 16.8 Å². The number of allylic oxidation sites excluding steroid dienone is 5. The van der Waals surface area contributed by atoms with E-state index in [1.165, 1.54) is 24.3 Å². The lowest BCUT2D eigenvalue weighted by Gasteiger charge is -2.25. The van der Waals surface area contributed by atoms with Crippen molar-refractivity contribution in [1.29, 1.82) is 0 Å². The summed E-state index contributed by atoms with van der Waals surface area (Å²) in [5.41, 5.74) is 12.8. The van der Waals surface area contributed by atoms with Crippen LogP contribution in [-0.4, -0.2) is 62.4 Å². The SMILES string of the molecule is CCNc1ccc(C(=C2C=CC(=[N+](CC)Cc3cccc(S(=O)(=O)O)c3)C=C2C)c2ccc(N(CC)CCc3ccc(S(=O)(=O)O)cc3)cc2C)cc1C. The molecule has 0 aliphatic heterocycles. The minimum atomic E-state index is -4.30. The highest BCUT2D eigenvalue weighted by Gasteiger charge is 2.22. The Bertz CT molecular complexity index is 2380. The molecule has 0 saturated carbocycles. The summed E-state index contributed by atoms with van der Waals surface area (Å²) >= 11 is 0. The van der Waals surface area contributed by atoms with Gasteiger partial charge in [-0.05, 0) is 147 Å². The highest BCUT2D eigenvalue weighted by molar-refractivity contribution is 7.86. The van der Waals surface area contributed by atoms with Gasteiger partial charge in [0.05, 0.1) is 9.79 Å². The molecule has 0 amide bonds. The number of hydrogen-bond acceptors (Lipinski definition) is 6. The predicted molar refractivity (Wildman–Crippen MR) is 219 cm³/mol. The van der Waals surface area contributed by atoms with Crippen LogP contribution in [0, 0.1) is 13.8 Å². The molecule has 4 aromatic carbocycles. The number of rotatable bonds is 14. The van der Waals surface area contributed by atoms with Crippen molar-refractivity contribution in [2.45, 2.75) is 64.3 Å². The lowest BCUT2D eigenvalue weighted by molar-refractivity contribution is -0.539. The van der Waals surface area contributed by atoms with Gasteiger partial charge >= 0.3 is 0 Å². The van der Waals surface area contributed by atoms with Gasteiger partial charge in [0, 0.05) is 48.7 Å². The van der Waals surface area contributed by atoms with Gasteiger partial charge in [-0.25, -0.2) is 4.58 Å². The summed E-state index contributed by atoms with van der Waals surface area (Å²) in [7, 11) is -8.53. The number of anilines is 2. The molecule has 0 unspecified atom stereocenters. The molecule has 3 N–H and O–H groups in total. The summed E-state index contributed by atoms with van der Waals surface area (Å²) < 4.78 is 67.6. The molecule has 0 saturated heterocycles. The number of hydrogen-bond donors (Lipinski definition) is 3. The smallest absolute Gasteiger partial charge is 0.294 e. The van der Waals surface area contributed by atoms with Crippen LogP contribution in [0.3, 0.4) is 0 Å². The van der Waals surface area contributed by atoms with Crippen LogP contribution in [0.2, 0.25) is 0 Å². The summed E-state index contributed by atoms with van der Waals surface area (Å²) in [5, 5.41) is 3.46. The zero-order chi connectivity index (χ0) is 39.2. The van der Waals surface area contributed by atoms with Gasteiger partial charge in [0.1, 0.15) is 6.54 Å². The maximum Gasteiger partial charge on any atom is 0.294 e. The number of benzene rings is 4. The molecule has 11 heteroatoms. The highest BCUT2D eigenvalue weighted by Crippen LogP contribution is 2.37. The van der Waals surface area contributed by atoms with Crippen LogP contribution in [0.5, 0.6) is 0 Å². The molecule has 5 rings (SSSR count). The van der Waals surface area contributed by atoms with Gasteiger partial charge in [0.15, 0.2) is 12.3 Å². The van der Waals surface area contributed by atoms with Crippen molar-refractivity contribution in [1.82, 2.24) is 0 Å².